The molecule has 0 aromatic heterocycles. The van der Waals surface area contributed by atoms with Crippen LogP contribution in [0.15, 0.2) is 54.6 Å². The monoisotopic (exact) mass is 493 g/mol. The number of hydrogen-bond donors (Lipinski definition) is 1. The lowest BCUT2D eigenvalue weighted by Crippen LogP contribution is -2.36. The number of carbonyl (C=O) groups is 1. The van der Waals surface area contributed by atoms with E-state index in [1.807, 2.05) is 12.1 Å². The first-order valence-electron chi connectivity index (χ1n) is 13.8. The molecule has 0 bridgehead atoms. The topological polar surface area (TPSA) is 54.0 Å². The van der Waals surface area contributed by atoms with Crippen LogP contribution in [0.5, 0.6) is 0 Å². The molecule has 2 aliphatic rings. The van der Waals surface area contributed by atoms with Crippen LogP contribution in [0.1, 0.15) is 73.8 Å². The van der Waals surface area contributed by atoms with Gasteiger partial charge < -0.3 is 19.7 Å². The minimum Gasteiger partial charge on any atom is -0.366 e. The van der Waals surface area contributed by atoms with Crippen LogP contribution < -0.4 is 10.2 Å². The Morgan fingerprint density at radius 3 is 2.64 bits per heavy atom. The van der Waals surface area contributed by atoms with Gasteiger partial charge in [0.1, 0.15) is 0 Å². The Labute approximate surface area is 217 Å². The van der Waals surface area contributed by atoms with Crippen LogP contribution >= 0.6 is 0 Å². The fourth-order valence-electron chi connectivity index (χ4n) is 5.19. The molecule has 0 spiro atoms. The molecule has 2 aromatic rings. The second-order valence-electron chi connectivity index (χ2n) is 10.1. The molecule has 1 unspecified atom stereocenters. The van der Waals surface area contributed by atoms with E-state index in [9.17, 15) is 4.79 Å². The summed E-state index contributed by atoms with van der Waals surface area (Å²) in [5.41, 5.74) is 3.11. The maximum absolute atomic E-state index is 12.5. The van der Waals surface area contributed by atoms with E-state index in [4.69, 9.17) is 9.47 Å². The number of carbonyl (C=O) groups excluding carboxylic acids is 1. The first-order chi connectivity index (χ1) is 17.6. The first kappa shape index (κ1) is 26.6. The van der Waals surface area contributed by atoms with Crippen LogP contribution in [-0.4, -0.2) is 63.0 Å². The van der Waals surface area contributed by atoms with Crippen LogP contribution in [0.2, 0.25) is 0 Å². The van der Waals surface area contributed by atoms with Crippen molar-refractivity contribution in [2.24, 2.45) is 0 Å². The van der Waals surface area contributed by atoms with E-state index in [0.29, 0.717) is 5.56 Å². The molecular formula is C30H43N3O3. The smallest absolute Gasteiger partial charge is 0.251 e. The molecule has 6 heteroatoms. The van der Waals surface area contributed by atoms with E-state index >= 15 is 0 Å². The minimum absolute atomic E-state index is 0.00460. The summed E-state index contributed by atoms with van der Waals surface area (Å²) in [6.07, 6.45) is 7.93. The average molecular weight is 494 g/mol. The molecule has 1 N–H and O–H groups in total. The summed E-state index contributed by atoms with van der Waals surface area (Å²) in [5, 5.41) is 3.03. The number of ether oxygens (including phenoxy) is 2. The van der Waals surface area contributed by atoms with Gasteiger partial charge in [-0.25, -0.2) is 0 Å². The zero-order chi connectivity index (χ0) is 25.2. The van der Waals surface area contributed by atoms with E-state index in [2.05, 4.69) is 71.6 Å². The van der Waals surface area contributed by atoms with Gasteiger partial charge in [-0.15, -0.1) is 0 Å². The Kier molecular flexibility index (Phi) is 10.2. The number of likely N-dealkylation sites (N-methyl/N-ethyl adjacent to an activating group) is 1. The second-order valence-corrected chi connectivity index (χ2v) is 10.1. The highest BCUT2D eigenvalue weighted by molar-refractivity contribution is 5.94. The van der Waals surface area contributed by atoms with Crippen molar-refractivity contribution in [1.82, 2.24) is 10.2 Å². The molecule has 0 radical (unpaired) electrons. The number of hydrogen-bond acceptors (Lipinski definition) is 5. The lowest BCUT2D eigenvalue weighted by molar-refractivity contribution is -0.185. The number of benzene rings is 2. The third-order valence-corrected chi connectivity index (χ3v) is 7.40. The van der Waals surface area contributed by atoms with Crippen molar-refractivity contribution < 1.29 is 14.3 Å². The molecule has 4 rings (SSSR count). The van der Waals surface area contributed by atoms with Gasteiger partial charge in [0, 0.05) is 51.1 Å². The molecule has 2 saturated heterocycles. The summed E-state index contributed by atoms with van der Waals surface area (Å²) in [4.78, 5) is 17.3. The maximum atomic E-state index is 12.5. The number of nitrogens with one attached hydrogen (secondary N) is 1. The third kappa shape index (κ3) is 7.55. The van der Waals surface area contributed by atoms with Crippen molar-refractivity contribution >= 4 is 11.6 Å². The number of nitrogens with zero attached hydrogens (tertiary/aromatic N) is 2. The number of rotatable bonds is 12. The third-order valence-electron chi connectivity index (χ3n) is 7.40. The summed E-state index contributed by atoms with van der Waals surface area (Å²) < 4.78 is 12.1. The van der Waals surface area contributed by atoms with Gasteiger partial charge in [-0.3, -0.25) is 9.69 Å². The predicted molar refractivity (Wildman–Crippen MR) is 145 cm³/mol. The van der Waals surface area contributed by atoms with Gasteiger partial charge in [0.15, 0.2) is 6.29 Å². The molecule has 0 aliphatic carbocycles. The van der Waals surface area contributed by atoms with Crippen LogP contribution in [0, 0.1) is 0 Å². The number of unbranched alkanes of at least 4 members (excludes halogenated alkanes) is 2. The zero-order valence-corrected chi connectivity index (χ0v) is 22.0. The maximum Gasteiger partial charge on any atom is 0.251 e. The predicted octanol–water partition coefficient (Wildman–Crippen LogP) is 5.40. The van der Waals surface area contributed by atoms with Crippen molar-refractivity contribution in [2.45, 2.75) is 70.3 Å². The molecule has 2 aromatic carbocycles. The lowest BCUT2D eigenvalue weighted by atomic mass is 10.0. The second kappa shape index (κ2) is 13.8. The van der Waals surface area contributed by atoms with Gasteiger partial charge in [0.25, 0.3) is 5.91 Å². The van der Waals surface area contributed by atoms with E-state index in [1.54, 1.807) is 0 Å². The van der Waals surface area contributed by atoms with Crippen LogP contribution in [-0.2, 0) is 9.47 Å². The molecule has 196 valence electrons. The van der Waals surface area contributed by atoms with Crippen molar-refractivity contribution in [2.75, 3.05) is 44.7 Å². The Hall–Kier alpha value is -2.41. The molecule has 3 atom stereocenters. The van der Waals surface area contributed by atoms with E-state index in [0.717, 1.165) is 77.0 Å². The fraction of sp³-hybridized carbons (Fsp3) is 0.567. The van der Waals surface area contributed by atoms with Crippen LogP contribution in [0.3, 0.4) is 0 Å². The summed E-state index contributed by atoms with van der Waals surface area (Å²) >= 11 is 0. The van der Waals surface area contributed by atoms with Crippen molar-refractivity contribution in [3.8, 4) is 0 Å². The Morgan fingerprint density at radius 2 is 1.92 bits per heavy atom. The first-order valence-corrected chi connectivity index (χ1v) is 13.8. The van der Waals surface area contributed by atoms with Crippen molar-refractivity contribution in [1.29, 1.82) is 0 Å². The molecule has 36 heavy (non-hydrogen) atoms. The summed E-state index contributed by atoms with van der Waals surface area (Å²) in [5.74, 6) is 0.00460. The molecule has 2 heterocycles. The molecular weight excluding hydrogens is 450 g/mol. The standard InChI is InChI=1S/C30H43N3O3/c1-3-4-9-19-31-30(34)25-14-16-26(17-15-25)32(2)28(24-11-6-5-7-12-24)23-33-20-18-27(22-33)36-29-13-8-10-21-35-29/h5-7,11-12,14-17,27-29H,3-4,8-10,13,18-23H2,1-2H3,(H,31,34)/t27-,28+,29?/m0/s1. The van der Waals surface area contributed by atoms with E-state index in [-0.39, 0.29) is 24.3 Å². The van der Waals surface area contributed by atoms with E-state index < -0.39 is 0 Å². The number of anilines is 1. The number of amides is 1. The minimum atomic E-state index is -0.0290. The summed E-state index contributed by atoms with van der Waals surface area (Å²) in [7, 11) is 2.15. The molecule has 0 saturated carbocycles. The highest BCUT2D eigenvalue weighted by Gasteiger charge is 2.30. The van der Waals surface area contributed by atoms with Crippen LogP contribution in [0.4, 0.5) is 5.69 Å². The molecule has 2 aliphatic heterocycles. The largest absolute Gasteiger partial charge is 0.366 e. The van der Waals surface area contributed by atoms with Gasteiger partial charge >= 0.3 is 0 Å². The highest BCUT2D eigenvalue weighted by atomic mass is 16.7. The van der Waals surface area contributed by atoms with Crippen molar-refractivity contribution in [3.05, 3.63) is 65.7 Å². The zero-order valence-electron chi connectivity index (χ0n) is 22.0. The number of likely N-dealkylation sites (tertiary alicyclic amines) is 1. The SMILES string of the molecule is CCCCCNC(=O)c1ccc(N(C)[C@H](CN2CC[C@H](OC3CCCCO3)C2)c2ccccc2)cc1. The Balaban J connectivity index is 1.38. The fourth-order valence-corrected chi connectivity index (χ4v) is 5.19. The average Bonchev–Trinajstić information content (AvgIpc) is 3.37. The van der Waals surface area contributed by atoms with Gasteiger partial charge in [-0.05, 0) is 61.9 Å². The van der Waals surface area contributed by atoms with Gasteiger partial charge in [0.2, 0.25) is 0 Å². The highest BCUT2D eigenvalue weighted by Crippen LogP contribution is 2.29. The summed E-state index contributed by atoms with van der Waals surface area (Å²) in [6, 6.07) is 18.9. The normalized spacial score (nSPS) is 21.3. The lowest BCUT2D eigenvalue weighted by Gasteiger charge is -2.34. The quantitative estimate of drug-likeness (QED) is 0.401. The van der Waals surface area contributed by atoms with E-state index in [1.165, 1.54) is 12.0 Å². The van der Waals surface area contributed by atoms with Gasteiger partial charge in [0.05, 0.1) is 12.1 Å². The summed E-state index contributed by atoms with van der Waals surface area (Å²) in [6.45, 7) is 6.62. The van der Waals surface area contributed by atoms with Gasteiger partial charge in [-0.1, -0.05) is 50.1 Å². The Morgan fingerprint density at radius 1 is 1.11 bits per heavy atom. The molecule has 2 fully saturated rings. The van der Waals surface area contributed by atoms with Crippen molar-refractivity contribution in [3.63, 3.8) is 0 Å². The van der Waals surface area contributed by atoms with Gasteiger partial charge in [-0.2, -0.15) is 0 Å². The molecule has 6 nitrogen and oxygen atoms in total. The Bertz CT molecular complexity index is 915. The molecule has 1 amide bonds. The van der Waals surface area contributed by atoms with Crippen LogP contribution in [0.25, 0.3) is 0 Å².